The summed E-state index contributed by atoms with van der Waals surface area (Å²) in [7, 11) is 0. The molecule has 1 saturated carbocycles. The van der Waals surface area contributed by atoms with Gasteiger partial charge in [0.05, 0.1) is 17.3 Å². The first-order valence-corrected chi connectivity index (χ1v) is 12.0. The Morgan fingerprint density at radius 1 is 1.03 bits per heavy atom. The predicted octanol–water partition coefficient (Wildman–Crippen LogP) is 5.35. The minimum Gasteiger partial charge on any atom is -0.454 e. The Bertz CT molecular complexity index is 1070. The summed E-state index contributed by atoms with van der Waals surface area (Å²) >= 11 is 0. The lowest BCUT2D eigenvalue weighted by Gasteiger charge is -2.51. The molecule has 5 rings (SSSR count). The molecule has 184 valence electrons. The third kappa shape index (κ3) is 3.41. The summed E-state index contributed by atoms with van der Waals surface area (Å²) in [6.45, 7) is 16.2. The molecule has 0 radical (unpaired) electrons. The van der Waals surface area contributed by atoms with Crippen molar-refractivity contribution >= 4 is 17.9 Å². The van der Waals surface area contributed by atoms with E-state index in [1.165, 1.54) is 0 Å². The highest BCUT2D eigenvalue weighted by Gasteiger charge is 2.66. The predicted molar refractivity (Wildman–Crippen MR) is 126 cm³/mol. The lowest BCUT2D eigenvalue weighted by Crippen LogP contribution is -2.66. The Hall–Kier alpha value is -2.90. The van der Waals surface area contributed by atoms with E-state index in [0.717, 1.165) is 16.8 Å². The first kappa shape index (κ1) is 22.9. The summed E-state index contributed by atoms with van der Waals surface area (Å²) in [4.78, 5) is 30.7. The molecule has 1 saturated heterocycles. The Morgan fingerprint density at radius 2 is 1.65 bits per heavy atom. The molecule has 2 fully saturated rings. The van der Waals surface area contributed by atoms with Gasteiger partial charge in [-0.25, -0.2) is 9.59 Å². The van der Waals surface area contributed by atoms with Gasteiger partial charge in [0.25, 0.3) is 0 Å². The molecule has 3 heterocycles. The number of piperidine rings is 1. The normalized spacial score (nSPS) is 27.3. The van der Waals surface area contributed by atoms with E-state index in [1.807, 2.05) is 53.7 Å². The number of carbonyl (C=O) groups is 2. The number of anilines is 1. The molecule has 8 heteroatoms. The average Bonchev–Trinajstić information content (AvgIpc) is 3.36. The van der Waals surface area contributed by atoms with Crippen LogP contribution in [0.1, 0.15) is 72.3 Å². The van der Waals surface area contributed by atoms with E-state index in [-0.39, 0.29) is 24.8 Å². The van der Waals surface area contributed by atoms with Crippen LogP contribution in [0.4, 0.5) is 15.3 Å². The van der Waals surface area contributed by atoms with Crippen LogP contribution in [0, 0.1) is 0 Å². The number of benzene rings is 1. The van der Waals surface area contributed by atoms with Crippen molar-refractivity contribution in [2.45, 2.75) is 89.5 Å². The molecule has 34 heavy (non-hydrogen) atoms. The van der Waals surface area contributed by atoms with Crippen molar-refractivity contribution < 1.29 is 28.5 Å². The zero-order chi connectivity index (χ0) is 24.6. The van der Waals surface area contributed by atoms with Gasteiger partial charge in [-0.2, -0.15) is 0 Å². The Balaban J connectivity index is 1.64. The summed E-state index contributed by atoms with van der Waals surface area (Å²) in [5, 5.41) is 0. The van der Waals surface area contributed by atoms with Crippen molar-refractivity contribution in [3.8, 4) is 11.5 Å². The van der Waals surface area contributed by atoms with Gasteiger partial charge in [0, 0.05) is 18.5 Å². The van der Waals surface area contributed by atoms with E-state index in [1.54, 1.807) is 9.80 Å². The van der Waals surface area contributed by atoms with Gasteiger partial charge in [0.1, 0.15) is 11.2 Å². The topological polar surface area (TPSA) is 77.5 Å². The van der Waals surface area contributed by atoms with Crippen molar-refractivity contribution in [2.75, 3.05) is 18.2 Å². The van der Waals surface area contributed by atoms with Gasteiger partial charge in [-0.05, 0) is 72.4 Å². The molecule has 3 atom stereocenters. The van der Waals surface area contributed by atoms with Gasteiger partial charge < -0.3 is 18.9 Å². The van der Waals surface area contributed by atoms with Gasteiger partial charge in [0.15, 0.2) is 11.5 Å². The van der Waals surface area contributed by atoms with Gasteiger partial charge in [0.2, 0.25) is 6.79 Å². The summed E-state index contributed by atoms with van der Waals surface area (Å²) in [5.74, 6) is 1.30. The quantitative estimate of drug-likeness (QED) is 0.476. The van der Waals surface area contributed by atoms with Crippen LogP contribution in [-0.2, 0) is 9.47 Å². The fraction of sp³-hybridized carbons (Fsp3) is 0.615. The number of fused-ring (bicyclic) bond motifs is 3. The highest BCUT2D eigenvalue weighted by Crippen LogP contribution is 2.62. The molecular formula is C26H34N2O6. The number of likely N-dealkylation sites (tertiary alicyclic amines) is 1. The second-order valence-electron chi connectivity index (χ2n) is 11.6. The Labute approximate surface area is 200 Å². The SMILES string of the molecule is C=C1CC[C@@]23C(CCN(C(=O)OC(C)(C)C)[C@@H]12)c1cc2c(cc1N3C(=O)OC(C)(C)C)OCO2. The van der Waals surface area contributed by atoms with E-state index in [0.29, 0.717) is 37.3 Å². The van der Waals surface area contributed by atoms with Gasteiger partial charge in [-0.15, -0.1) is 0 Å². The molecule has 8 nitrogen and oxygen atoms in total. The van der Waals surface area contributed by atoms with Crippen LogP contribution in [0.15, 0.2) is 24.3 Å². The minimum absolute atomic E-state index is 0.00690. The molecule has 0 bridgehead atoms. The highest BCUT2D eigenvalue weighted by molar-refractivity contribution is 5.95. The van der Waals surface area contributed by atoms with E-state index >= 15 is 0 Å². The number of hydrogen-bond acceptors (Lipinski definition) is 6. The molecule has 0 N–H and O–H groups in total. The Morgan fingerprint density at radius 3 is 2.29 bits per heavy atom. The van der Waals surface area contributed by atoms with Crippen LogP contribution in [0.5, 0.6) is 11.5 Å². The van der Waals surface area contributed by atoms with Crippen LogP contribution >= 0.6 is 0 Å². The number of carbonyl (C=O) groups excluding carboxylic acids is 2. The molecule has 4 aliphatic rings. The third-order valence-electron chi connectivity index (χ3n) is 7.04. The zero-order valence-corrected chi connectivity index (χ0v) is 20.9. The standard InChI is InChI=1S/C26H34N2O6/c1-15-8-10-26-17(9-11-27(21(15)26)22(29)33-24(2,3)4)16-12-19-20(32-14-31-19)13-18(16)28(26)23(30)34-25(5,6)7/h12-13,17,21H,1,8-11,14H2,2-7H3/t17?,21-,26+/m0/s1. The molecule has 1 unspecified atom stereocenters. The van der Waals surface area contributed by atoms with Gasteiger partial charge in [-0.1, -0.05) is 12.2 Å². The van der Waals surface area contributed by atoms with Crippen molar-refractivity contribution in [3.63, 3.8) is 0 Å². The summed E-state index contributed by atoms with van der Waals surface area (Å²) in [6, 6.07) is 3.50. The number of ether oxygens (including phenoxy) is 4. The molecule has 1 spiro atoms. The zero-order valence-electron chi connectivity index (χ0n) is 20.9. The average molecular weight is 471 g/mol. The summed E-state index contributed by atoms with van der Waals surface area (Å²) in [6.07, 6.45) is 1.27. The second kappa shape index (κ2) is 7.30. The lowest BCUT2D eigenvalue weighted by molar-refractivity contribution is -0.000577. The van der Waals surface area contributed by atoms with Crippen LogP contribution in [-0.4, -0.2) is 53.2 Å². The number of rotatable bonds is 0. The molecule has 1 aliphatic carbocycles. The molecule has 1 aromatic rings. The Kier molecular flexibility index (Phi) is 4.91. The van der Waals surface area contributed by atoms with Crippen LogP contribution in [0.3, 0.4) is 0 Å². The summed E-state index contributed by atoms with van der Waals surface area (Å²) in [5.41, 5.74) is 0.712. The van der Waals surface area contributed by atoms with Crippen molar-refractivity contribution in [3.05, 3.63) is 29.8 Å². The van der Waals surface area contributed by atoms with Crippen LogP contribution in [0.25, 0.3) is 0 Å². The van der Waals surface area contributed by atoms with Crippen molar-refractivity contribution in [2.24, 2.45) is 0 Å². The van der Waals surface area contributed by atoms with Gasteiger partial charge >= 0.3 is 12.2 Å². The fourth-order valence-electron chi connectivity index (χ4n) is 6.04. The molecule has 3 aliphatic heterocycles. The van der Waals surface area contributed by atoms with E-state index in [2.05, 4.69) is 6.58 Å². The van der Waals surface area contributed by atoms with Crippen LogP contribution < -0.4 is 14.4 Å². The van der Waals surface area contributed by atoms with Crippen LogP contribution in [0.2, 0.25) is 0 Å². The lowest BCUT2D eigenvalue weighted by atomic mass is 9.72. The van der Waals surface area contributed by atoms with E-state index in [4.69, 9.17) is 18.9 Å². The van der Waals surface area contributed by atoms with E-state index in [9.17, 15) is 9.59 Å². The highest BCUT2D eigenvalue weighted by atomic mass is 16.7. The first-order valence-electron chi connectivity index (χ1n) is 12.0. The fourth-order valence-corrected chi connectivity index (χ4v) is 6.04. The summed E-state index contributed by atoms with van der Waals surface area (Å²) < 4.78 is 23.0. The number of amides is 2. The number of hydrogen-bond donors (Lipinski definition) is 0. The van der Waals surface area contributed by atoms with Crippen molar-refractivity contribution in [1.82, 2.24) is 4.90 Å². The third-order valence-corrected chi connectivity index (χ3v) is 7.04. The first-order chi connectivity index (χ1) is 15.8. The maximum absolute atomic E-state index is 13.8. The minimum atomic E-state index is -0.702. The van der Waals surface area contributed by atoms with Gasteiger partial charge in [-0.3, -0.25) is 9.80 Å². The monoisotopic (exact) mass is 470 g/mol. The largest absolute Gasteiger partial charge is 0.454 e. The molecular weight excluding hydrogens is 436 g/mol. The number of nitrogens with zero attached hydrogens (tertiary/aromatic N) is 2. The maximum Gasteiger partial charge on any atom is 0.415 e. The molecule has 0 aromatic heterocycles. The van der Waals surface area contributed by atoms with E-state index < -0.39 is 22.8 Å². The van der Waals surface area contributed by atoms with Crippen molar-refractivity contribution in [1.29, 1.82) is 0 Å². The molecule has 2 amide bonds. The second-order valence-corrected chi connectivity index (χ2v) is 11.6. The maximum atomic E-state index is 13.8. The smallest absolute Gasteiger partial charge is 0.415 e. The molecule has 1 aromatic carbocycles.